The molecule has 9 nitrogen and oxygen atoms in total. The van der Waals surface area contributed by atoms with E-state index in [4.69, 9.17) is 4.52 Å². The minimum Gasteiger partial charge on any atom is -0.356 e. The van der Waals surface area contributed by atoms with E-state index in [1.165, 1.54) is 6.33 Å². The molecule has 1 aliphatic heterocycles. The Bertz CT molecular complexity index is 854. The highest BCUT2D eigenvalue weighted by Gasteiger charge is 2.28. The Morgan fingerprint density at radius 3 is 2.96 bits per heavy atom. The van der Waals surface area contributed by atoms with Gasteiger partial charge in [0.1, 0.15) is 12.1 Å². The van der Waals surface area contributed by atoms with Crippen LogP contribution >= 0.6 is 0 Å². The fourth-order valence-electron chi connectivity index (χ4n) is 3.10. The van der Waals surface area contributed by atoms with Crippen molar-refractivity contribution >= 4 is 17.5 Å². The molecule has 0 unspecified atom stereocenters. The molecule has 0 aromatic carbocycles. The number of nitrogens with zero attached hydrogens (tertiary/aromatic N) is 8. The maximum atomic E-state index is 5.47. The molecule has 0 bridgehead atoms. The van der Waals surface area contributed by atoms with Gasteiger partial charge in [-0.3, -0.25) is 0 Å². The Morgan fingerprint density at radius 1 is 1.29 bits per heavy atom. The van der Waals surface area contributed by atoms with Crippen molar-refractivity contribution < 1.29 is 4.52 Å². The van der Waals surface area contributed by atoms with Gasteiger partial charge in [-0.25, -0.2) is 4.98 Å². The van der Waals surface area contributed by atoms with E-state index in [0.717, 1.165) is 37.4 Å². The third-order valence-corrected chi connectivity index (χ3v) is 4.29. The van der Waals surface area contributed by atoms with Crippen molar-refractivity contribution in [2.75, 3.05) is 37.0 Å². The number of fused-ring (bicyclic) bond motifs is 1. The van der Waals surface area contributed by atoms with Crippen molar-refractivity contribution in [3.63, 3.8) is 0 Å². The van der Waals surface area contributed by atoms with Crippen molar-refractivity contribution in [1.29, 1.82) is 0 Å². The van der Waals surface area contributed by atoms with Crippen molar-refractivity contribution in [1.82, 2.24) is 29.7 Å². The third kappa shape index (κ3) is 2.55. The second kappa shape index (κ2) is 5.73. The third-order valence-electron chi connectivity index (χ3n) is 4.29. The molecule has 1 aliphatic rings. The molecule has 0 saturated carbocycles. The van der Waals surface area contributed by atoms with Gasteiger partial charge in [-0.15, -0.1) is 0 Å². The number of rotatable bonds is 3. The lowest BCUT2D eigenvalue weighted by atomic mass is 9.98. The minimum absolute atomic E-state index is 0.215. The van der Waals surface area contributed by atoms with Crippen LogP contribution in [0.1, 0.15) is 30.3 Å². The van der Waals surface area contributed by atoms with Crippen LogP contribution in [0.25, 0.3) is 5.78 Å². The Labute approximate surface area is 139 Å². The number of hydrogen-bond donors (Lipinski definition) is 0. The van der Waals surface area contributed by atoms with Gasteiger partial charge in [-0.2, -0.15) is 19.6 Å². The van der Waals surface area contributed by atoms with E-state index in [9.17, 15) is 0 Å². The molecule has 3 aromatic rings. The first kappa shape index (κ1) is 14.9. The summed E-state index contributed by atoms with van der Waals surface area (Å²) in [6.45, 7) is 3.75. The molecule has 0 amide bonds. The molecular formula is C15H20N8O. The molecule has 1 fully saturated rings. The van der Waals surface area contributed by atoms with Crippen LogP contribution in [-0.4, -0.2) is 56.9 Å². The van der Waals surface area contributed by atoms with Crippen LogP contribution < -0.4 is 9.80 Å². The fraction of sp³-hybridized carbons (Fsp3) is 0.533. The van der Waals surface area contributed by atoms with Crippen molar-refractivity contribution in [3.05, 3.63) is 24.0 Å². The number of piperidine rings is 1. The second-order valence-corrected chi connectivity index (χ2v) is 6.34. The van der Waals surface area contributed by atoms with Crippen molar-refractivity contribution in [2.45, 2.75) is 25.7 Å². The van der Waals surface area contributed by atoms with Crippen LogP contribution in [0, 0.1) is 6.92 Å². The SMILES string of the molecule is Cc1cc(N2CCC[C@H](c3nc(N(C)C)no3)C2)n2ncnc2n1. The molecule has 0 radical (unpaired) electrons. The summed E-state index contributed by atoms with van der Waals surface area (Å²) < 4.78 is 7.26. The zero-order chi connectivity index (χ0) is 16.7. The summed E-state index contributed by atoms with van der Waals surface area (Å²) in [5, 5.41) is 8.33. The normalized spacial score (nSPS) is 18.3. The summed E-state index contributed by atoms with van der Waals surface area (Å²) in [5.41, 5.74) is 0.931. The first-order valence-corrected chi connectivity index (χ1v) is 8.05. The van der Waals surface area contributed by atoms with Gasteiger partial charge in [0.05, 0.1) is 5.92 Å². The Morgan fingerprint density at radius 2 is 2.17 bits per heavy atom. The fourth-order valence-corrected chi connectivity index (χ4v) is 3.10. The molecule has 3 aromatic heterocycles. The quantitative estimate of drug-likeness (QED) is 0.710. The summed E-state index contributed by atoms with van der Waals surface area (Å²) in [5.74, 6) is 3.16. The molecule has 1 saturated heterocycles. The van der Waals surface area contributed by atoms with E-state index in [1.54, 1.807) is 4.52 Å². The van der Waals surface area contributed by atoms with Gasteiger partial charge in [0.15, 0.2) is 0 Å². The molecule has 4 heterocycles. The molecule has 4 rings (SSSR count). The molecule has 0 N–H and O–H groups in total. The van der Waals surface area contributed by atoms with Crippen LogP contribution in [0.3, 0.4) is 0 Å². The van der Waals surface area contributed by atoms with Gasteiger partial charge in [-0.1, -0.05) is 0 Å². The molecular weight excluding hydrogens is 308 g/mol. The van der Waals surface area contributed by atoms with Gasteiger partial charge in [0.25, 0.3) is 11.7 Å². The van der Waals surface area contributed by atoms with E-state index in [1.807, 2.05) is 32.0 Å². The first-order chi connectivity index (χ1) is 11.6. The van der Waals surface area contributed by atoms with Gasteiger partial charge < -0.3 is 14.3 Å². The molecule has 9 heteroatoms. The van der Waals surface area contributed by atoms with E-state index >= 15 is 0 Å². The highest BCUT2D eigenvalue weighted by atomic mass is 16.5. The lowest BCUT2D eigenvalue weighted by Crippen LogP contribution is -2.36. The van der Waals surface area contributed by atoms with Crippen LogP contribution in [0.2, 0.25) is 0 Å². The molecule has 1 atom stereocenters. The number of anilines is 2. The number of hydrogen-bond acceptors (Lipinski definition) is 8. The van der Waals surface area contributed by atoms with Crippen LogP contribution in [0.4, 0.5) is 11.8 Å². The standard InChI is InChI=1S/C15H20N8O/c1-10-7-12(23-14(18-10)16-9-17-23)22-6-4-5-11(8-22)13-19-15(20-24-13)21(2)3/h7,9,11H,4-6,8H2,1-3H3/t11-/m0/s1. The predicted molar refractivity (Wildman–Crippen MR) is 88.3 cm³/mol. The lowest BCUT2D eigenvalue weighted by Gasteiger charge is -2.32. The average molecular weight is 328 g/mol. The summed E-state index contributed by atoms with van der Waals surface area (Å²) in [7, 11) is 3.81. The van der Waals surface area contributed by atoms with E-state index < -0.39 is 0 Å². The number of aryl methyl sites for hydroxylation is 1. The minimum atomic E-state index is 0.215. The van der Waals surface area contributed by atoms with Gasteiger partial charge in [0, 0.05) is 38.9 Å². The topological polar surface area (TPSA) is 88.5 Å². The Balaban J connectivity index is 1.63. The zero-order valence-electron chi connectivity index (χ0n) is 14.0. The zero-order valence-corrected chi connectivity index (χ0v) is 14.0. The smallest absolute Gasteiger partial charge is 0.265 e. The van der Waals surface area contributed by atoms with E-state index in [-0.39, 0.29) is 5.92 Å². The van der Waals surface area contributed by atoms with Crippen molar-refractivity contribution in [3.8, 4) is 0 Å². The van der Waals surface area contributed by atoms with Crippen LogP contribution in [-0.2, 0) is 0 Å². The molecule has 126 valence electrons. The summed E-state index contributed by atoms with van der Waals surface area (Å²) in [6, 6.07) is 2.04. The first-order valence-electron chi connectivity index (χ1n) is 8.05. The Kier molecular flexibility index (Phi) is 3.55. The summed E-state index contributed by atoms with van der Waals surface area (Å²) in [4.78, 5) is 17.3. The monoisotopic (exact) mass is 328 g/mol. The van der Waals surface area contributed by atoms with Crippen LogP contribution in [0.5, 0.6) is 0 Å². The number of aromatic nitrogens is 6. The van der Waals surface area contributed by atoms with E-state index in [2.05, 4.69) is 30.1 Å². The Hall–Kier alpha value is -2.71. The summed E-state index contributed by atoms with van der Waals surface area (Å²) >= 11 is 0. The maximum Gasteiger partial charge on any atom is 0.265 e. The average Bonchev–Trinajstić information content (AvgIpc) is 3.23. The molecule has 24 heavy (non-hydrogen) atoms. The highest BCUT2D eigenvalue weighted by molar-refractivity contribution is 5.47. The van der Waals surface area contributed by atoms with E-state index in [0.29, 0.717) is 17.6 Å². The van der Waals surface area contributed by atoms with Gasteiger partial charge >= 0.3 is 0 Å². The molecule has 0 aliphatic carbocycles. The largest absolute Gasteiger partial charge is 0.356 e. The second-order valence-electron chi connectivity index (χ2n) is 6.34. The van der Waals surface area contributed by atoms with Gasteiger partial charge in [0.2, 0.25) is 5.89 Å². The maximum absolute atomic E-state index is 5.47. The van der Waals surface area contributed by atoms with Crippen molar-refractivity contribution in [2.24, 2.45) is 0 Å². The predicted octanol–water partition coefficient (Wildman–Crippen LogP) is 1.27. The van der Waals surface area contributed by atoms with Gasteiger partial charge in [-0.05, 0) is 24.9 Å². The van der Waals surface area contributed by atoms with Crippen LogP contribution in [0.15, 0.2) is 16.9 Å². The lowest BCUT2D eigenvalue weighted by molar-refractivity contribution is 0.332. The highest BCUT2D eigenvalue weighted by Crippen LogP contribution is 2.30. The molecule has 0 spiro atoms. The summed E-state index contributed by atoms with van der Waals surface area (Å²) in [6.07, 6.45) is 3.63.